The van der Waals surface area contributed by atoms with Crippen molar-refractivity contribution in [1.29, 1.82) is 0 Å². The van der Waals surface area contributed by atoms with Gasteiger partial charge < -0.3 is 4.90 Å². The summed E-state index contributed by atoms with van der Waals surface area (Å²) >= 11 is 0. The topological polar surface area (TPSA) is 35.6 Å². The average Bonchev–Trinajstić information content (AvgIpc) is 2.90. The molecule has 0 aliphatic carbocycles. The maximum atomic E-state index is 12.6. The highest BCUT2D eigenvalue weighted by Gasteiger charge is 2.33. The minimum atomic E-state index is -0.167. The van der Waals surface area contributed by atoms with E-state index in [4.69, 9.17) is 0 Å². The Bertz CT molecular complexity index is 470. The van der Waals surface area contributed by atoms with Crippen LogP contribution in [0.2, 0.25) is 0 Å². The second-order valence-corrected chi connectivity index (χ2v) is 6.21. The summed E-state index contributed by atoms with van der Waals surface area (Å²) in [5, 5.41) is 3.34. The first-order valence-electron chi connectivity index (χ1n) is 8.07. The molecule has 2 fully saturated rings. The summed E-state index contributed by atoms with van der Waals surface area (Å²) in [6, 6.07) is 10.3. The second-order valence-electron chi connectivity index (χ2n) is 6.21. The van der Waals surface area contributed by atoms with Crippen molar-refractivity contribution in [2.24, 2.45) is 0 Å². The molecule has 4 heteroatoms. The summed E-state index contributed by atoms with van der Waals surface area (Å²) in [5.41, 5.74) is 1.07. The summed E-state index contributed by atoms with van der Waals surface area (Å²) < 4.78 is 0. The van der Waals surface area contributed by atoms with Gasteiger partial charge in [-0.25, -0.2) is 0 Å². The average molecular weight is 287 g/mol. The summed E-state index contributed by atoms with van der Waals surface area (Å²) in [4.78, 5) is 17.1. The molecule has 0 saturated carbocycles. The van der Waals surface area contributed by atoms with Gasteiger partial charge in [-0.15, -0.1) is 0 Å². The summed E-state index contributed by atoms with van der Waals surface area (Å²) in [6.07, 6.45) is 3.94. The van der Waals surface area contributed by atoms with E-state index in [1.54, 1.807) is 0 Å². The van der Waals surface area contributed by atoms with Crippen LogP contribution in [0, 0.1) is 0 Å². The zero-order chi connectivity index (χ0) is 14.7. The quantitative estimate of drug-likeness (QED) is 0.920. The van der Waals surface area contributed by atoms with Gasteiger partial charge in [0.15, 0.2) is 0 Å². The van der Waals surface area contributed by atoms with E-state index in [1.165, 1.54) is 32.4 Å². The highest BCUT2D eigenvalue weighted by atomic mass is 16.2. The number of carbonyl (C=O) groups excluding carboxylic acids is 1. The van der Waals surface area contributed by atoms with Crippen LogP contribution in [0.1, 0.15) is 37.8 Å². The molecule has 0 aromatic heterocycles. The predicted octanol–water partition coefficient (Wildman–Crippen LogP) is 1.99. The fraction of sp³-hybridized carbons (Fsp3) is 0.588. The monoisotopic (exact) mass is 287 g/mol. The van der Waals surface area contributed by atoms with Crippen LogP contribution in [-0.4, -0.2) is 48.1 Å². The molecule has 2 aliphatic heterocycles. The van der Waals surface area contributed by atoms with Crippen LogP contribution in [0.3, 0.4) is 0 Å². The Morgan fingerprint density at radius 3 is 2.62 bits per heavy atom. The molecular formula is C17H25N3O. The minimum absolute atomic E-state index is 0.167. The van der Waals surface area contributed by atoms with Crippen LogP contribution in [0.4, 0.5) is 0 Å². The first-order chi connectivity index (χ1) is 10.3. The largest absolute Gasteiger partial charge is 0.327 e. The highest BCUT2D eigenvalue weighted by molar-refractivity contribution is 5.85. The molecule has 1 N–H and O–H groups in total. The van der Waals surface area contributed by atoms with Gasteiger partial charge in [0.25, 0.3) is 0 Å². The maximum absolute atomic E-state index is 12.6. The molecule has 21 heavy (non-hydrogen) atoms. The van der Waals surface area contributed by atoms with Crippen molar-refractivity contribution in [1.82, 2.24) is 15.1 Å². The van der Waals surface area contributed by atoms with Gasteiger partial charge in [0.2, 0.25) is 5.91 Å². The van der Waals surface area contributed by atoms with Crippen LogP contribution in [0.5, 0.6) is 0 Å². The van der Waals surface area contributed by atoms with E-state index >= 15 is 0 Å². The number of piperidine rings is 1. The lowest BCUT2D eigenvalue weighted by Gasteiger charge is -2.34. The SMILES string of the molecule is CC(CN1CNC(c2ccccc2)C1=O)N1CCCCC1. The Morgan fingerprint density at radius 2 is 1.90 bits per heavy atom. The molecule has 114 valence electrons. The van der Waals surface area contributed by atoms with Crippen molar-refractivity contribution in [2.75, 3.05) is 26.3 Å². The van der Waals surface area contributed by atoms with Crippen LogP contribution >= 0.6 is 0 Å². The number of amides is 1. The Labute approximate surface area is 127 Å². The molecule has 1 aromatic rings. The fourth-order valence-electron chi connectivity index (χ4n) is 3.40. The Kier molecular flexibility index (Phi) is 4.56. The van der Waals surface area contributed by atoms with Gasteiger partial charge in [-0.1, -0.05) is 36.8 Å². The molecule has 3 rings (SSSR count). The third kappa shape index (κ3) is 3.27. The fourth-order valence-corrected chi connectivity index (χ4v) is 3.40. The smallest absolute Gasteiger partial charge is 0.245 e. The Hall–Kier alpha value is -1.39. The van der Waals surface area contributed by atoms with Crippen LogP contribution < -0.4 is 5.32 Å². The molecule has 4 nitrogen and oxygen atoms in total. The lowest BCUT2D eigenvalue weighted by Crippen LogP contribution is -2.45. The Balaban J connectivity index is 1.59. The van der Waals surface area contributed by atoms with Crippen LogP contribution in [0.15, 0.2) is 30.3 Å². The second kappa shape index (κ2) is 6.58. The van der Waals surface area contributed by atoms with Crippen molar-refractivity contribution in [3.8, 4) is 0 Å². The van der Waals surface area contributed by atoms with Gasteiger partial charge >= 0.3 is 0 Å². The molecule has 2 unspecified atom stereocenters. The number of hydrogen-bond acceptors (Lipinski definition) is 3. The third-order valence-corrected chi connectivity index (χ3v) is 4.68. The van der Waals surface area contributed by atoms with Gasteiger partial charge in [0.1, 0.15) is 6.04 Å². The van der Waals surface area contributed by atoms with E-state index in [9.17, 15) is 4.79 Å². The molecule has 0 spiro atoms. The first kappa shape index (κ1) is 14.5. The number of nitrogens with zero attached hydrogens (tertiary/aromatic N) is 2. The van der Waals surface area contributed by atoms with Crippen molar-refractivity contribution in [3.63, 3.8) is 0 Å². The Morgan fingerprint density at radius 1 is 1.19 bits per heavy atom. The third-order valence-electron chi connectivity index (χ3n) is 4.68. The first-order valence-corrected chi connectivity index (χ1v) is 8.07. The van der Waals surface area contributed by atoms with Gasteiger partial charge in [0, 0.05) is 12.6 Å². The standard InChI is InChI=1S/C17H25N3O/c1-14(19-10-6-3-7-11-19)12-20-13-18-16(17(20)21)15-8-4-2-5-9-15/h2,4-5,8-9,14,16,18H,3,6-7,10-13H2,1H3. The van der Waals surface area contributed by atoms with Crippen molar-refractivity contribution < 1.29 is 4.79 Å². The zero-order valence-electron chi connectivity index (χ0n) is 12.8. The van der Waals surface area contributed by atoms with Gasteiger partial charge in [0.05, 0.1) is 6.67 Å². The number of rotatable bonds is 4. The van der Waals surface area contributed by atoms with Gasteiger partial charge in [-0.3, -0.25) is 15.0 Å². The number of nitrogens with one attached hydrogen (secondary N) is 1. The molecule has 2 heterocycles. The minimum Gasteiger partial charge on any atom is -0.327 e. The van der Waals surface area contributed by atoms with E-state index in [0.717, 1.165) is 12.1 Å². The molecule has 0 radical (unpaired) electrons. The van der Waals surface area contributed by atoms with E-state index < -0.39 is 0 Å². The molecule has 2 atom stereocenters. The normalized spacial score (nSPS) is 25.3. The lowest BCUT2D eigenvalue weighted by atomic mass is 10.1. The summed E-state index contributed by atoms with van der Waals surface area (Å²) in [5.74, 6) is 0.213. The van der Waals surface area contributed by atoms with Crippen LogP contribution in [0.25, 0.3) is 0 Å². The summed E-state index contributed by atoms with van der Waals surface area (Å²) in [7, 11) is 0. The highest BCUT2D eigenvalue weighted by Crippen LogP contribution is 2.21. The molecule has 2 saturated heterocycles. The molecular weight excluding hydrogens is 262 g/mol. The molecule has 1 aromatic carbocycles. The van der Waals surface area contributed by atoms with E-state index in [-0.39, 0.29) is 11.9 Å². The van der Waals surface area contributed by atoms with Crippen molar-refractivity contribution in [3.05, 3.63) is 35.9 Å². The molecule has 0 bridgehead atoms. The van der Waals surface area contributed by atoms with Crippen molar-refractivity contribution >= 4 is 5.91 Å². The van der Waals surface area contributed by atoms with Gasteiger partial charge in [-0.05, 0) is 38.4 Å². The zero-order valence-corrected chi connectivity index (χ0v) is 12.8. The number of hydrogen-bond donors (Lipinski definition) is 1. The van der Waals surface area contributed by atoms with E-state index in [0.29, 0.717) is 12.7 Å². The molecule has 1 amide bonds. The summed E-state index contributed by atoms with van der Waals surface area (Å²) in [6.45, 7) is 6.09. The van der Waals surface area contributed by atoms with Crippen molar-refractivity contribution in [2.45, 2.75) is 38.3 Å². The maximum Gasteiger partial charge on any atom is 0.245 e. The number of likely N-dealkylation sites (tertiary alicyclic amines) is 1. The van der Waals surface area contributed by atoms with Gasteiger partial charge in [-0.2, -0.15) is 0 Å². The van der Waals surface area contributed by atoms with E-state index in [2.05, 4.69) is 17.1 Å². The number of carbonyl (C=O) groups is 1. The predicted molar refractivity (Wildman–Crippen MR) is 83.8 cm³/mol. The van der Waals surface area contributed by atoms with Crippen LogP contribution in [-0.2, 0) is 4.79 Å². The number of benzene rings is 1. The molecule has 2 aliphatic rings. The van der Waals surface area contributed by atoms with E-state index in [1.807, 2.05) is 35.2 Å². The lowest BCUT2D eigenvalue weighted by molar-refractivity contribution is -0.129.